The second-order valence-electron chi connectivity index (χ2n) is 3.16. The third-order valence-corrected chi connectivity index (χ3v) is 2.36. The SMILES string of the molecule is CCO[C@H]1CO[C@H]2[C@@H]1OC[C@@H]2O. The van der Waals surface area contributed by atoms with Gasteiger partial charge in [-0.15, -0.1) is 0 Å². The highest BCUT2D eigenvalue weighted by molar-refractivity contribution is 4.94. The van der Waals surface area contributed by atoms with E-state index in [1.165, 1.54) is 0 Å². The van der Waals surface area contributed by atoms with Crippen molar-refractivity contribution in [2.75, 3.05) is 19.8 Å². The number of aliphatic hydroxyl groups is 1. The van der Waals surface area contributed by atoms with Crippen LogP contribution in [0.5, 0.6) is 0 Å². The van der Waals surface area contributed by atoms with Crippen LogP contribution in [0.25, 0.3) is 0 Å². The largest absolute Gasteiger partial charge is 0.388 e. The van der Waals surface area contributed by atoms with Crippen LogP contribution in [0.4, 0.5) is 0 Å². The summed E-state index contributed by atoms with van der Waals surface area (Å²) in [5.41, 5.74) is 0. The van der Waals surface area contributed by atoms with Crippen LogP contribution in [-0.2, 0) is 14.2 Å². The van der Waals surface area contributed by atoms with Crippen molar-refractivity contribution in [3.05, 3.63) is 0 Å². The summed E-state index contributed by atoms with van der Waals surface area (Å²) in [6.45, 7) is 3.52. The maximum Gasteiger partial charge on any atom is 0.115 e. The highest BCUT2D eigenvalue weighted by Crippen LogP contribution is 2.28. The Balaban J connectivity index is 1.96. The Morgan fingerprint density at radius 3 is 2.83 bits per heavy atom. The van der Waals surface area contributed by atoms with Crippen LogP contribution in [-0.4, -0.2) is 49.3 Å². The molecule has 4 heteroatoms. The van der Waals surface area contributed by atoms with E-state index in [1.54, 1.807) is 0 Å². The van der Waals surface area contributed by atoms with Gasteiger partial charge in [0.15, 0.2) is 0 Å². The second-order valence-corrected chi connectivity index (χ2v) is 3.16. The minimum Gasteiger partial charge on any atom is -0.388 e. The summed E-state index contributed by atoms with van der Waals surface area (Å²) in [5, 5.41) is 9.38. The first-order valence-corrected chi connectivity index (χ1v) is 4.35. The van der Waals surface area contributed by atoms with Gasteiger partial charge in [-0.2, -0.15) is 0 Å². The van der Waals surface area contributed by atoms with E-state index in [1.807, 2.05) is 6.92 Å². The van der Waals surface area contributed by atoms with Crippen LogP contribution in [0.15, 0.2) is 0 Å². The fraction of sp³-hybridized carbons (Fsp3) is 1.00. The lowest BCUT2D eigenvalue weighted by Crippen LogP contribution is -2.32. The Hall–Kier alpha value is -0.160. The van der Waals surface area contributed by atoms with Crippen LogP contribution in [0.2, 0.25) is 0 Å². The molecule has 2 fully saturated rings. The third kappa shape index (κ3) is 1.25. The van der Waals surface area contributed by atoms with Crippen molar-refractivity contribution in [1.29, 1.82) is 0 Å². The molecule has 0 unspecified atom stereocenters. The van der Waals surface area contributed by atoms with E-state index in [0.29, 0.717) is 19.8 Å². The smallest absolute Gasteiger partial charge is 0.115 e. The summed E-state index contributed by atoms with van der Waals surface area (Å²) >= 11 is 0. The van der Waals surface area contributed by atoms with Crippen molar-refractivity contribution in [3.8, 4) is 0 Å². The highest BCUT2D eigenvalue weighted by atomic mass is 16.6. The molecule has 0 aromatic rings. The monoisotopic (exact) mass is 174 g/mol. The van der Waals surface area contributed by atoms with Crippen molar-refractivity contribution in [1.82, 2.24) is 0 Å². The normalized spacial score (nSPS) is 46.5. The summed E-state index contributed by atoms with van der Waals surface area (Å²) in [4.78, 5) is 0. The molecule has 0 spiro atoms. The fourth-order valence-electron chi connectivity index (χ4n) is 1.80. The molecule has 0 aromatic heterocycles. The molecule has 2 heterocycles. The van der Waals surface area contributed by atoms with Crippen molar-refractivity contribution in [2.45, 2.75) is 31.3 Å². The minimum atomic E-state index is -0.472. The molecule has 2 rings (SSSR count). The van der Waals surface area contributed by atoms with Crippen LogP contribution in [0.3, 0.4) is 0 Å². The lowest BCUT2D eigenvalue weighted by Gasteiger charge is -2.14. The molecule has 12 heavy (non-hydrogen) atoms. The number of hydrogen-bond acceptors (Lipinski definition) is 4. The van der Waals surface area contributed by atoms with E-state index in [2.05, 4.69) is 0 Å². The summed E-state index contributed by atoms with van der Waals surface area (Å²) in [6.07, 6.45) is -0.681. The molecule has 2 aliphatic heterocycles. The summed E-state index contributed by atoms with van der Waals surface area (Å²) in [7, 11) is 0. The quantitative estimate of drug-likeness (QED) is 0.616. The first kappa shape index (κ1) is 8.44. The van der Waals surface area contributed by atoms with Crippen molar-refractivity contribution >= 4 is 0 Å². The molecular formula is C8H14O4. The van der Waals surface area contributed by atoms with Gasteiger partial charge in [0.1, 0.15) is 24.4 Å². The van der Waals surface area contributed by atoms with Gasteiger partial charge in [-0.1, -0.05) is 0 Å². The molecule has 0 amide bonds. The highest BCUT2D eigenvalue weighted by Gasteiger charge is 2.47. The Morgan fingerprint density at radius 1 is 1.33 bits per heavy atom. The molecule has 0 saturated carbocycles. The van der Waals surface area contributed by atoms with E-state index >= 15 is 0 Å². The molecule has 0 bridgehead atoms. The van der Waals surface area contributed by atoms with Crippen molar-refractivity contribution in [2.24, 2.45) is 0 Å². The molecule has 70 valence electrons. The molecule has 4 atom stereocenters. The van der Waals surface area contributed by atoms with Gasteiger partial charge in [-0.25, -0.2) is 0 Å². The van der Waals surface area contributed by atoms with E-state index in [9.17, 15) is 5.11 Å². The van der Waals surface area contributed by atoms with Gasteiger partial charge in [0.25, 0.3) is 0 Å². The van der Waals surface area contributed by atoms with Crippen LogP contribution < -0.4 is 0 Å². The Morgan fingerprint density at radius 2 is 2.08 bits per heavy atom. The number of hydrogen-bond donors (Lipinski definition) is 1. The van der Waals surface area contributed by atoms with Gasteiger partial charge in [-0.3, -0.25) is 0 Å². The predicted octanol–water partition coefficient (Wildman–Crippen LogP) is -0.450. The minimum absolute atomic E-state index is 0.0112. The lowest BCUT2D eigenvalue weighted by molar-refractivity contribution is -0.0327. The van der Waals surface area contributed by atoms with E-state index in [-0.39, 0.29) is 18.3 Å². The number of fused-ring (bicyclic) bond motifs is 1. The molecule has 0 aromatic carbocycles. The molecule has 4 nitrogen and oxygen atoms in total. The summed E-state index contributed by atoms with van der Waals surface area (Å²) in [5.74, 6) is 0. The average Bonchev–Trinajstić information content (AvgIpc) is 2.58. The molecule has 1 N–H and O–H groups in total. The number of rotatable bonds is 2. The first-order chi connectivity index (χ1) is 5.83. The maximum absolute atomic E-state index is 9.38. The number of ether oxygens (including phenoxy) is 3. The Kier molecular flexibility index (Phi) is 2.32. The van der Waals surface area contributed by atoms with Gasteiger partial charge < -0.3 is 19.3 Å². The third-order valence-electron chi connectivity index (χ3n) is 2.36. The van der Waals surface area contributed by atoms with Gasteiger partial charge in [0, 0.05) is 6.61 Å². The van der Waals surface area contributed by atoms with Crippen molar-refractivity contribution < 1.29 is 19.3 Å². The van der Waals surface area contributed by atoms with Gasteiger partial charge in [0.05, 0.1) is 13.2 Å². The van der Waals surface area contributed by atoms with Crippen LogP contribution in [0, 0.1) is 0 Å². The maximum atomic E-state index is 9.38. The molecule has 2 aliphatic rings. The van der Waals surface area contributed by atoms with Gasteiger partial charge in [0.2, 0.25) is 0 Å². The zero-order valence-corrected chi connectivity index (χ0v) is 7.10. The second kappa shape index (κ2) is 3.30. The van der Waals surface area contributed by atoms with E-state index in [4.69, 9.17) is 14.2 Å². The number of aliphatic hydroxyl groups excluding tert-OH is 1. The zero-order valence-electron chi connectivity index (χ0n) is 7.10. The van der Waals surface area contributed by atoms with E-state index < -0.39 is 6.10 Å². The first-order valence-electron chi connectivity index (χ1n) is 4.35. The Bertz CT molecular complexity index is 161. The zero-order chi connectivity index (χ0) is 8.55. The van der Waals surface area contributed by atoms with Gasteiger partial charge >= 0.3 is 0 Å². The van der Waals surface area contributed by atoms with Crippen LogP contribution in [0.1, 0.15) is 6.92 Å². The molecule has 0 radical (unpaired) electrons. The molecule has 0 aliphatic carbocycles. The van der Waals surface area contributed by atoms with Crippen LogP contribution >= 0.6 is 0 Å². The summed E-state index contributed by atoms with van der Waals surface area (Å²) in [6, 6.07) is 0. The Labute approximate surface area is 71.4 Å². The van der Waals surface area contributed by atoms with Crippen molar-refractivity contribution in [3.63, 3.8) is 0 Å². The van der Waals surface area contributed by atoms with Gasteiger partial charge in [-0.05, 0) is 6.92 Å². The summed E-state index contributed by atoms with van der Waals surface area (Å²) < 4.78 is 16.1. The fourth-order valence-corrected chi connectivity index (χ4v) is 1.80. The molecule has 2 saturated heterocycles. The predicted molar refractivity (Wildman–Crippen MR) is 40.9 cm³/mol. The standard InChI is InChI=1S/C8H14O4/c1-2-10-6-4-12-7-5(9)3-11-8(6)7/h5-9H,2-4H2,1H3/t5-,6-,7+,8+/m0/s1. The lowest BCUT2D eigenvalue weighted by atomic mass is 10.1. The molecular weight excluding hydrogens is 160 g/mol. The average molecular weight is 174 g/mol. The van der Waals surface area contributed by atoms with E-state index in [0.717, 1.165) is 0 Å². The topological polar surface area (TPSA) is 47.9 Å².